The standard InChI is InChI=1S/C18H23N7O2S.C17H21N7O3S.C15H19N7O5S2.C14H17N7O6S2.C13H16N8O6S2/c1-5-6-27-25-13-9-24(18(25)26)16(15-12(13)7-21-23(15)4)17(19-3)20-8-14-22-11(2)10-28-14;1-4-5-27-24-12-8-23(17(24)25)15(14-11(12)6-19-22(14)3)16(21-26)18-7-13-20-10(2)9-28-13;1-8-7-28-11(19-8)5-17-14(16-2)13-12-9(4-18-20(12)3)10-6-21(13)15(23)22(10)27-29(24,25)26;1-7-6-28-10(17-7)4-15-13(18-23)12-11-8(3-16-19(11)2)9-5-20(12)14(22)21(9)27-29(24,25)26;1-19-10-6(2-16-19)7-4-20(13(22)21(7)27-29(24,25)26)11(10)12(18-23)15-3-9-17-8(14)5-28-9/h5,7,10,13,16H,1,6,8-9H2,2-4H3,(H,19,20);4,6,9,12,15,26H,1,5,7-8H2,2-3H3,(H,18,21);4,7,10,13H,5-6H2,1-3H3,(H,16,17)(H,24,25,26);3,6,9,12,23H,4-5H2,1-2H3,(H,15,18)(H,24,25,26);2,5,7,11,23H,3-4,14H2,1H3,(H,15,18)(H,24,25,26)/t13-,16-;12-,15-;10-,13-;9-,12-;7-,11-/m00000/s1. The third kappa shape index (κ3) is 20.8. The van der Waals surface area contributed by atoms with Crippen LogP contribution in [-0.4, -0.2) is 298 Å². The molecule has 0 aliphatic carbocycles. The lowest BCUT2D eigenvalue weighted by atomic mass is 9.97. The molecule has 10 aromatic heterocycles. The van der Waals surface area contributed by atoms with Crippen molar-refractivity contribution in [2.45, 2.75) is 121 Å². The van der Waals surface area contributed by atoms with Crippen LogP contribution in [0.3, 0.4) is 0 Å². The van der Waals surface area contributed by atoms with Gasteiger partial charge in [0.05, 0.1) is 138 Å². The van der Waals surface area contributed by atoms with E-state index in [0.717, 1.165) is 65.3 Å². The molecule has 10 atom stereocenters. The van der Waals surface area contributed by atoms with E-state index in [4.69, 9.17) is 29.1 Å². The van der Waals surface area contributed by atoms with Gasteiger partial charge in [-0.3, -0.25) is 104 Å². The molecular formula is C77H96N36O22S8. The lowest BCUT2D eigenvalue weighted by Gasteiger charge is -2.32. The van der Waals surface area contributed by atoms with Gasteiger partial charge in [-0.05, 0) is 27.7 Å². The second-order valence-electron chi connectivity index (χ2n) is 32.7. The molecule has 13 N–H and O–H groups in total. The van der Waals surface area contributed by atoms with Crippen LogP contribution in [0.5, 0.6) is 0 Å². The summed E-state index contributed by atoms with van der Waals surface area (Å²) in [6.07, 6.45) is 11.2. The average molecular weight is 2130 g/mol. The highest BCUT2D eigenvalue weighted by atomic mass is 32.3. The summed E-state index contributed by atoms with van der Waals surface area (Å²) in [7, 11) is -2.68. The molecule has 0 aromatic carbocycles. The minimum absolute atomic E-state index is 0.0177. The molecule has 10 aliphatic heterocycles. The van der Waals surface area contributed by atoms with Gasteiger partial charge in [-0.25, -0.2) is 48.9 Å². The fourth-order valence-electron chi connectivity index (χ4n) is 18.0. The van der Waals surface area contributed by atoms with Crippen molar-refractivity contribution in [1.29, 1.82) is 0 Å². The van der Waals surface area contributed by atoms with E-state index in [1.807, 2.05) is 78.1 Å². The monoisotopic (exact) mass is 2130 g/mol. The van der Waals surface area contributed by atoms with Crippen LogP contribution in [0.2, 0.25) is 0 Å². The van der Waals surface area contributed by atoms with E-state index in [9.17, 15) is 64.8 Å². The molecule has 10 aliphatic rings. The number of nitrogens with zero attached hydrogens (tertiary/aromatic N) is 30. The SMILES string of the molecule is C=CCON1C(=O)N2C[C@H]1c1cnn(C)c1[C@H]2C(=NC)NCc1nc(C)cs1.C=CCON1C(=O)N2C[C@H]1c1cnn(C)c1[C@H]2C(=NCc1nc(C)cs1)NO.CN=C(NCc1nc(C)cs1)[C@@H]1c2c(cnn2C)[C@@H]2CN1C(=O)N2OS(=O)(=O)O.Cc1csc(CN=C(NO)[C@@H]2c3c(cnn3C)[C@@H]3CN2C(=O)N3OS(=O)(=O)O)n1.Cn1ncc2c1[C@@H](C(=NCc1nc(N)cs1)NO)N1C[C@@H]2N(OS(=O)(=O)O)C1=O. The van der Waals surface area contributed by atoms with Gasteiger partial charge in [-0.1, -0.05) is 12.2 Å². The number of hydroxylamine groups is 13. The Labute approximate surface area is 833 Å². The molecule has 5 saturated heterocycles. The molecular weight excluding hydrogens is 2040 g/mol. The number of amides is 10. The van der Waals surface area contributed by atoms with Gasteiger partial charge < -0.3 is 40.9 Å². The number of rotatable bonds is 27. The van der Waals surface area contributed by atoms with Crippen LogP contribution in [0.15, 0.2) is 108 Å². The summed E-state index contributed by atoms with van der Waals surface area (Å²) < 4.78 is 116. The highest BCUT2D eigenvalue weighted by Crippen LogP contribution is 2.51. The Morgan fingerprint density at radius 2 is 0.636 bits per heavy atom. The summed E-state index contributed by atoms with van der Waals surface area (Å²) in [5, 5.41) is 75.2. The number of anilines is 1. The Bertz CT molecular complexity index is 6880. The van der Waals surface area contributed by atoms with Gasteiger partial charge in [0.25, 0.3) is 0 Å². The van der Waals surface area contributed by atoms with Gasteiger partial charge in [-0.2, -0.15) is 76.1 Å². The summed E-state index contributed by atoms with van der Waals surface area (Å²) in [4.78, 5) is 127. The van der Waals surface area contributed by atoms with Crippen molar-refractivity contribution in [3.8, 4) is 0 Å². The van der Waals surface area contributed by atoms with E-state index >= 15 is 0 Å². The van der Waals surface area contributed by atoms with Crippen LogP contribution in [-0.2, 0) is 122 Å². The second-order valence-corrected chi connectivity index (χ2v) is 40.4. The lowest BCUT2D eigenvalue weighted by Crippen LogP contribution is -2.44. The number of hydrogen-bond donors (Lipinski definition) is 12. The number of aromatic nitrogens is 15. The van der Waals surface area contributed by atoms with E-state index in [0.29, 0.717) is 104 Å². The minimum atomic E-state index is -4.92. The van der Waals surface area contributed by atoms with Crippen LogP contribution >= 0.6 is 56.7 Å². The zero-order valence-electron chi connectivity index (χ0n) is 77.6. The maximum atomic E-state index is 13.0. The quantitative estimate of drug-likeness (QED) is 0.0113. The first-order chi connectivity index (χ1) is 68.2. The fourth-order valence-corrected chi connectivity index (χ4v) is 22.5. The van der Waals surface area contributed by atoms with Gasteiger partial charge in [0, 0.05) is 127 Å². The Hall–Kier alpha value is -13.4. The molecule has 143 heavy (non-hydrogen) atoms. The molecule has 66 heteroatoms. The first-order valence-corrected chi connectivity index (χ1v) is 51.3. The number of carbonyl (C=O) groups excluding carboxylic acids is 5. The molecule has 20 rings (SSSR count). The Morgan fingerprint density at radius 1 is 0.399 bits per heavy atom. The zero-order valence-corrected chi connectivity index (χ0v) is 84.1. The van der Waals surface area contributed by atoms with Gasteiger partial charge >= 0.3 is 61.4 Å². The summed E-state index contributed by atoms with van der Waals surface area (Å²) in [6, 6.07) is -8.94. The molecule has 0 radical (unpaired) electrons. The Kier molecular flexibility index (Phi) is 30.0. The molecule has 10 aromatic rings. The van der Waals surface area contributed by atoms with Crippen LogP contribution in [0.1, 0.15) is 165 Å². The maximum Gasteiger partial charge on any atom is 0.418 e. The molecule has 10 bridgehead atoms. The number of amidine groups is 5. The largest absolute Gasteiger partial charge is 0.418 e. The van der Waals surface area contributed by atoms with Crippen molar-refractivity contribution >= 4 is 153 Å². The van der Waals surface area contributed by atoms with E-state index in [-0.39, 0.29) is 93.6 Å². The smallest absolute Gasteiger partial charge is 0.383 e. The van der Waals surface area contributed by atoms with Crippen molar-refractivity contribution in [1.82, 2.24) is 151 Å². The fraction of sp³-hybridized carbons (Fsp3) is 0.429. The van der Waals surface area contributed by atoms with Crippen LogP contribution in [0.4, 0.5) is 29.8 Å². The summed E-state index contributed by atoms with van der Waals surface area (Å²) in [6.45, 7) is 18.1. The molecule has 20 heterocycles. The number of aryl methyl sites for hydroxylation is 9. The number of thiazole rings is 5. The first kappa shape index (κ1) is 102. The van der Waals surface area contributed by atoms with Gasteiger partial charge in [-0.15, -0.1) is 82.7 Å². The zero-order chi connectivity index (χ0) is 102. The van der Waals surface area contributed by atoms with Gasteiger partial charge in [0.15, 0.2) is 17.5 Å². The predicted molar refractivity (Wildman–Crippen MR) is 506 cm³/mol. The van der Waals surface area contributed by atoms with Crippen molar-refractivity contribution < 1.29 is 101 Å². The molecule has 58 nitrogen and oxygen atoms in total. The third-order valence-corrected chi connectivity index (χ3v) is 29.4. The van der Waals surface area contributed by atoms with Crippen molar-refractivity contribution in [3.05, 3.63) is 187 Å². The second kappa shape index (κ2) is 41.9. The van der Waals surface area contributed by atoms with Gasteiger partial charge in [0.1, 0.15) is 103 Å². The average Bonchev–Trinajstić information content (AvgIpc) is 1.58. The maximum absolute atomic E-state index is 13.0. The summed E-state index contributed by atoms with van der Waals surface area (Å²) in [5.74, 6) is 1.89. The summed E-state index contributed by atoms with van der Waals surface area (Å²) >= 11 is 7.31. The van der Waals surface area contributed by atoms with Crippen LogP contribution < -0.4 is 32.8 Å². The number of nitrogens with one attached hydrogen (secondary N) is 5. The molecule has 764 valence electrons. The third-order valence-electron chi connectivity index (χ3n) is 23.7. The van der Waals surface area contributed by atoms with E-state index in [1.165, 1.54) is 91.9 Å². The van der Waals surface area contributed by atoms with E-state index in [1.54, 1.807) is 103 Å². The van der Waals surface area contributed by atoms with Crippen molar-refractivity contribution in [3.63, 3.8) is 0 Å². The van der Waals surface area contributed by atoms with E-state index in [2.05, 4.69) is 117 Å². The predicted octanol–water partition coefficient (Wildman–Crippen LogP) is 4.17. The number of hydrogen-bond acceptors (Lipinski definition) is 40. The number of urea groups is 5. The summed E-state index contributed by atoms with van der Waals surface area (Å²) in [5.41, 5.74) is 22.4. The highest BCUT2D eigenvalue weighted by molar-refractivity contribution is 7.81. The normalized spacial score (nSPS) is 21.5. The van der Waals surface area contributed by atoms with Crippen molar-refractivity contribution in [2.75, 3.05) is 65.8 Å². The van der Waals surface area contributed by atoms with Crippen LogP contribution in [0, 0.1) is 27.7 Å². The molecule has 5 fully saturated rings. The Morgan fingerprint density at radius 3 is 0.860 bits per heavy atom. The topological polar surface area (TPSA) is 689 Å². The van der Waals surface area contributed by atoms with Gasteiger partial charge in [0.2, 0.25) is 0 Å². The number of fused-ring (bicyclic) bond motifs is 20. The first-order valence-electron chi connectivity index (χ1n) is 42.8. The number of nitrogen functional groups attached to an aromatic ring is 1. The lowest BCUT2D eigenvalue weighted by molar-refractivity contribution is -0.118. The number of aliphatic imine (C=N–C) groups is 5. The molecule has 0 spiro atoms. The number of nitrogens with two attached hydrogens (primary N) is 1. The molecule has 0 saturated carbocycles. The molecule has 10 amide bonds. The highest BCUT2D eigenvalue weighted by Gasteiger charge is 2.59. The molecule has 0 unspecified atom stereocenters. The van der Waals surface area contributed by atoms with E-state index < -0.39 is 91.6 Å². The Balaban J connectivity index is 0.000000128. The van der Waals surface area contributed by atoms with Crippen LogP contribution in [0.25, 0.3) is 0 Å². The van der Waals surface area contributed by atoms with Crippen molar-refractivity contribution in [2.24, 2.45) is 60.2 Å². The minimum Gasteiger partial charge on any atom is -0.383 e. The number of carbonyl (C=O) groups is 5.